The third-order valence-corrected chi connectivity index (χ3v) is 14.6. The predicted molar refractivity (Wildman–Crippen MR) is 220 cm³/mol. The molecule has 2 saturated heterocycles. The summed E-state index contributed by atoms with van der Waals surface area (Å²) in [7, 11) is 0. The Labute approximate surface area is 317 Å². The highest BCUT2D eigenvalue weighted by atomic mass is 35.5. The molecule has 0 spiro atoms. The third kappa shape index (κ3) is 6.18. The molecule has 272 valence electrons. The van der Waals surface area contributed by atoms with Crippen molar-refractivity contribution < 1.29 is 4.74 Å². The van der Waals surface area contributed by atoms with E-state index in [-0.39, 0.29) is 24.6 Å². The Morgan fingerprint density at radius 2 is 0.962 bits per heavy atom. The van der Waals surface area contributed by atoms with Crippen molar-refractivity contribution in [1.82, 2.24) is 9.80 Å². The lowest BCUT2D eigenvalue weighted by molar-refractivity contribution is -0.0602. The van der Waals surface area contributed by atoms with Crippen LogP contribution in [0.5, 0.6) is 0 Å². The van der Waals surface area contributed by atoms with Gasteiger partial charge in [0.1, 0.15) is 0 Å². The Hall–Kier alpha value is -2.95. The molecule has 10 rings (SSSR count). The van der Waals surface area contributed by atoms with Crippen LogP contribution in [0, 0.1) is 23.7 Å². The van der Waals surface area contributed by atoms with Gasteiger partial charge in [-0.3, -0.25) is 9.80 Å². The van der Waals surface area contributed by atoms with Crippen molar-refractivity contribution in [3.05, 3.63) is 107 Å². The van der Waals surface area contributed by atoms with Crippen molar-refractivity contribution in [1.29, 1.82) is 0 Å². The molecular weight excluding hydrogens is 656 g/mol. The minimum absolute atomic E-state index is 0. The summed E-state index contributed by atoms with van der Waals surface area (Å²) in [5.41, 5.74) is 9.89. The van der Waals surface area contributed by atoms with Crippen LogP contribution in [0.25, 0.3) is 32.7 Å². The van der Waals surface area contributed by atoms with E-state index in [1.807, 2.05) is 0 Å². The van der Waals surface area contributed by atoms with Crippen LogP contribution in [0.15, 0.2) is 96.1 Å². The van der Waals surface area contributed by atoms with Gasteiger partial charge >= 0.3 is 0 Å². The average Bonchev–Trinajstić information content (AvgIpc) is 4.02. The zero-order valence-corrected chi connectivity index (χ0v) is 32.1. The second-order valence-corrected chi connectivity index (χ2v) is 17.3. The van der Waals surface area contributed by atoms with Gasteiger partial charge in [0.2, 0.25) is 0 Å². The summed E-state index contributed by atoms with van der Waals surface area (Å²) < 4.78 is 7.14. The molecule has 4 aromatic rings. The van der Waals surface area contributed by atoms with Gasteiger partial charge in [0.05, 0.1) is 12.2 Å². The number of ether oxygens (including phenoxy) is 1. The first-order valence-electron chi connectivity index (χ1n) is 20.6. The first-order chi connectivity index (χ1) is 25.1. The summed E-state index contributed by atoms with van der Waals surface area (Å²) in [6.45, 7) is 9.49. The van der Waals surface area contributed by atoms with E-state index < -0.39 is 0 Å². The van der Waals surface area contributed by atoms with Crippen molar-refractivity contribution in [2.75, 3.05) is 26.2 Å². The molecule has 4 fully saturated rings. The fourth-order valence-corrected chi connectivity index (χ4v) is 12.2. The van der Waals surface area contributed by atoms with E-state index in [1.165, 1.54) is 110 Å². The largest absolute Gasteiger partial charge is 0.372 e. The highest BCUT2D eigenvalue weighted by Crippen LogP contribution is 2.54. The van der Waals surface area contributed by atoms with Crippen molar-refractivity contribution in [3.63, 3.8) is 0 Å². The fraction of sp³-hybridized carbons (Fsp3) is 0.500. The smallest absolute Gasteiger partial charge is 0.0706 e. The van der Waals surface area contributed by atoms with Gasteiger partial charge in [-0.25, -0.2) is 0 Å². The van der Waals surface area contributed by atoms with Crippen LogP contribution < -0.4 is 0 Å². The molecule has 6 unspecified atom stereocenters. The van der Waals surface area contributed by atoms with Crippen molar-refractivity contribution in [3.8, 4) is 0 Å². The van der Waals surface area contributed by atoms with Crippen molar-refractivity contribution in [2.24, 2.45) is 23.7 Å². The number of benzene rings is 4. The minimum Gasteiger partial charge on any atom is -0.372 e. The van der Waals surface area contributed by atoms with Crippen LogP contribution in [0.1, 0.15) is 89.2 Å². The minimum atomic E-state index is 0. The maximum absolute atomic E-state index is 7.14. The van der Waals surface area contributed by atoms with Crippen molar-refractivity contribution >= 4 is 45.1 Å². The molecule has 0 radical (unpaired) electrons. The highest BCUT2D eigenvalue weighted by molar-refractivity contribution is 5.89. The molecule has 2 saturated carbocycles. The Morgan fingerprint density at radius 1 is 0.538 bits per heavy atom. The average molecular weight is 713 g/mol. The Bertz CT molecular complexity index is 1870. The fourth-order valence-electron chi connectivity index (χ4n) is 12.2. The van der Waals surface area contributed by atoms with Gasteiger partial charge in [0.25, 0.3) is 0 Å². The van der Waals surface area contributed by atoms with Gasteiger partial charge in [0.15, 0.2) is 0 Å². The van der Waals surface area contributed by atoms with E-state index in [2.05, 4.69) is 109 Å². The predicted octanol–water partition coefficient (Wildman–Crippen LogP) is 11.2. The summed E-state index contributed by atoms with van der Waals surface area (Å²) in [5.74, 6) is 3.06. The molecule has 4 bridgehead atoms. The summed E-state index contributed by atoms with van der Waals surface area (Å²) in [4.78, 5) is 5.66. The molecule has 0 aromatic heterocycles. The van der Waals surface area contributed by atoms with Gasteiger partial charge in [-0.2, -0.15) is 0 Å². The lowest BCUT2D eigenvalue weighted by Gasteiger charge is -2.37. The van der Waals surface area contributed by atoms with E-state index in [0.29, 0.717) is 12.1 Å². The normalized spacial score (nSPS) is 30.0. The molecule has 2 aliphatic heterocycles. The van der Waals surface area contributed by atoms with E-state index in [9.17, 15) is 0 Å². The molecule has 4 aliphatic carbocycles. The SMILES string of the molecule is CC(OC(C)[C@@H]1CCCN1CC1=C(c2ccc3ccccc3c2)C2CCC1C2)[C@@H]1CCCN1CC1=C(c2ccc3ccccc3c2)C2CCC1C2.Cl. The zero-order valence-electron chi connectivity index (χ0n) is 31.3. The number of nitrogens with zero attached hydrogens (tertiary/aromatic N) is 2. The topological polar surface area (TPSA) is 15.7 Å². The quantitative estimate of drug-likeness (QED) is 0.163. The standard InChI is InChI=1S/C48H56N2O.ClH/c1-31(45-13-7-23-49(45)29-43-37-17-21-41(27-37)47(43)39-19-15-33-9-3-5-11-35(33)25-39)51-32(2)46-14-8-24-50(46)30-44-38-18-22-42(28-38)48(44)40-20-16-34-10-4-6-12-36(34)26-40;/h3-6,9-12,15-16,19-20,25-26,31-32,37-38,41-42,45-46H,7-8,13-14,17-18,21-24,27-30H2,1-2H3;1H/t31?,32?,37?,38?,41?,42?,45-,46-;/m0./s1. The number of hydrogen-bond acceptors (Lipinski definition) is 3. The first-order valence-corrected chi connectivity index (χ1v) is 20.6. The zero-order chi connectivity index (χ0) is 34.1. The molecule has 4 heteroatoms. The van der Waals surface area contributed by atoms with Crippen LogP contribution in [0.2, 0.25) is 0 Å². The molecule has 0 N–H and O–H groups in total. The number of allylic oxidation sites excluding steroid dienone is 2. The second-order valence-electron chi connectivity index (χ2n) is 17.3. The Morgan fingerprint density at radius 3 is 1.42 bits per heavy atom. The maximum atomic E-state index is 7.14. The van der Waals surface area contributed by atoms with Gasteiger partial charge in [-0.05, 0) is 182 Å². The molecule has 3 nitrogen and oxygen atoms in total. The lowest BCUT2D eigenvalue weighted by atomic mass is 9.86. The van der Waals surface area contributed by atoms with E-state index in [0.717, 1.165) is 36.8 Å². The molecule has 0 amide bonds. The molecule has 4 aromatic carbocycles. The van der Waals surface area contributed by atoms with Crippen molar-refractivity contribution in [2.45, 2.75) is 102 Å². The highest BCUT2D eigenvalue weighted by Gasteiger charge is 2.44. The van der Waals surface area contributed by atoms with Crippen LogP contribution in [0.4, 0.5) is 0 Å². The summed E-state index contributed by atoms with van der Waals surface area (Å²) in [5, 5.41) is 5.46. The summed E-state index contributed by atoms with van der Waals surface area (Å²) in [6.07, 6.45) is 13.9. The lowest BCUT2D eigenvalue weighted by Crippen LogP contribution is -2.46. The molecule has 2 heterocycles. The van der Waals surface area contributed by atoms with Crippen LogP contribution in [0.3, 0.4) is 0 Å². The Kier molecular flexibility index (Phi) is 9.61. The van der Waals surface area contributed by atoms with E-state index in [1.54, 1.807) is 22.3 Å². The number of fused-ring (bicyclic) bond motifs is 6. The monoisotopic (exact) mass is 712 g/mol. The van der Waals surface area contributed by atoms with Gasteiger partial charge < -0.3 is 4.74 Å². The summed E-state index contributed by atoms with van der Waals surface area (Å²) >= 11 is 0. The maximum Gasteiger partial charge on any atom is 0.0706 e. The van der Waals surface area contributed by atoms with Crippen LogP contribution in [-0.4, -0.2) is 60.3 Å². The number of halogens is 1. The summed E-state index contributed by atoms with van der Waals surface area (Å²) in [6, 6.07) is 33.3. The van der Waals surface area contributed by atoms with Gasteiger partial charge in [0, 0.05) is 25.2 Å². The Balaban J connectivity index is 0.00000360. The van der Waals surface area contributed by atoms with Gasteiger partial charge in [-0.15, -0.1) is 12.4 Å². The molecule has 52 heavy (non-hydrogen) atoms. The van der Waals surface area contributed by atoms with Gasteiger partial charge in [-0.1, -0.05) is 72.8 Å². The van der Waals surface area contributed by atoms with Crippen LogP contribution >= 0.6 is 12.4 Å². The molecule has 6 aliphatic rings. The second kappa shape index (κ2) is 14.4. The molecule has 8 atom stereocenters. The van der Waals surface area contributed by atoms with Crippen LogP contribution in [-0.2, 0) is 4.74 Å². The number of rotatable bonds is 10. The van der Waals surface area contributed by atoms with E-state index >= 15 is 0 Å². The number of hydrogen-bond donors (Lipinski definition) is 0. The third-order valence-electron chi connectivity index (χ3n) is 14.6. The first kappa shape index (κ1) is 34.8. The van der Waals surface area contributed by atoms with E-state index in [4.69, 9.17) is 4.74 Å². The number of likely N-dealkylation sites (tertiary alicyclic amines) is 2. The molecular formula is C48H57ClN2O.